The predicted molar refractivity (Wildman–Crippen MR) is 155 cm³/mol. The molecule has 43 heavy (non-hydrogen) atoms. The van der Waals surface area contributed by atoms with Crippen LogP contribution in [0, 0.1) is 11.6 Å². The number of rotatable bonds is 9. The number of methoxy groups -OCH3 is 1. The molecule has 0 unspecified atom stereocenters. The summed E-state index contributed by atoms with van der Waals surface area (Å²) in [5.74, 6) is -1.21. The van der Waals surface area contributed by atoms with Gasteiger partial charge in [0, 0.05) is 37.3 Å². The van der Waals surface area contributed by atoms with Crippen molar-refractivity contribution in [2.75, 3.05) is 24.4 Å². The largest absolute Gasteiger partial charge is 0.453 e. The third-order valence-corrected chi connectivity index (χ3v) is 7.36. The number of aromatic nitrogens is 5. The Morgan fingerprint density at radius 3 is 2.58 bits per heavy atom. The molecule has 0 radical (unpaired) electrons. The van der Waals surface area contributed by atoms with Gasteiger partial charge < -0.3 is 20.1 Å². The molecule has 11 nitrogen and oxygen atoms in total. The maximum Gasteiger partial charge on any atom is 0.284 e. The second-order valence-electron chi connectivity index (χ2n) is 10.3. The van der Waals surface area contributed by atoms with Crippen LogP contribution in [0.2, 0.25) is 0 Å². The van der Waals surface area contributed by atoms with Gasteiger partial charge in [0.05, 0.1) is 17.8 Å². The van der Waals surface area contributed by atoms with Crippen molar-refractivity contribution in [2.45, 2.75) is 31.2 Å². The Morgan fingerprint density at radius 2 is 1.84 bits per heavy atom. The summed E-state index contributed by atoms with van der Waals surface area (Å²) < 4.78 is 41.0. The normalized spacial score (nSPS) is 14.1. The minimum atomic E-state index is -0.766. The lowest BCUT2D eigenvalue weighted by Gasteiger charge is -2.29. The molecule has 5 aromatic rings. The molecule has 1 amide bonds. The van der Waals surface area contributed by atoms with Gasteiger partial charge in [-0.3, -0.25) is 14.7 Å². The van der Waals surface area contributed by atoms with Gasteiger partial charge in [-0.2, -0.15) is 14.9 Å². The van der Waals surface area contributed by atoms with Crippen LogP contribution in [0.5, 0.6) is 11.5 Å². The Hall–Kier alpha value is -5.17. The first-order chi connectivity index (χ1) is 20.9. The van der Waals surface area contributed by atoms with Crippen LogP contribution in [0.15, 0.2) is 71.8 Å². The number of anilines is 2. The second kappa shape index (κ2) is 11.6. The van der Waals surface area contributed by atoms with Crippen molar-refractivity contribution in [2.24, 2.45) is 0 Å². The quantitative estimate of drug-likeness (QED) is 0.214. The molecule has 3 N–H and O–H groups in total. The Bertz CT molecular complexity index is 1850. The smallest absolute Gasteiger partial charge is 0.284 e. The van der Waals surface area contributed by atoms with Crippen LogP contribution in [0.25, 0.3) is 16.7 Å². The summed E-state index contributed by atoms with van der Waals surface area (Å²) >= 11 is 0. The number of fused-ring (bicyclic) bond motifs is 1. The Kier molecular flexibility index (Phi) is 7.55. The molecule has 1 saturated carbocycles. The number of amides is 1. The fourth-order valence-corrected chi connectivity index (χ4v) is 5.31. The lowest BCUT2D eigenvalue weighted by Crippen LogP contribution is -2.40. The van der Waals surface area contributed by atoms with Crippen molar-refractivity contribution in [3.8, 4) is 17.2 Å². The topological polar surface area (TPSA) is 136 Å². The molecule has 1 fully saturated rings. The molecule has 3 heterocycles. The summed E-state index contributed by atoms with van der Waals surface area (Å²) in [5.41, 5.74) is -0.361. The second-order valence-corrected chi connectivity index (χ2v) is 10.3. The van der Waals surface area contributed by atoms with Gasteiger partial charge in [0.15, 0.2) is 23.0 Å². The molecule has 0 bridgehead atoms. The number of nitrogens with zero attached hydrogens (tertiary/aromatic N) is 4. The molecular weight excluding hydrogens is 560 g/mol. The van der Waals surface area contributed by atoms with Gasteiger partial charge >= 0.3 is 0 Å². The van der Waals surface area contributed by atoms with E-state index in [4.69, 9.17) is 9.47 Å². The van der Waals surface area contributed by atoms with Crippen molar-refractivity contribution in [3.05, 3.63) is 94.5 Å². The zero-order chi connectivity index (χ0) is 30.0. The van der Waals surface area contributed by atoms with Crippen LogP contribution in [-0.2, 0) is 4.74 Å². The number of carbonyl (C=O) groups excluding carboxylic acids is 1. The third kappa shape index (κ3) is 5.66. The number of hydrogen-bond donors (Lipinski definition) is 3. The molecule has 13 heteroatoms. The number of nitrogens with one attached hydrogen (secondary N) is 3. The summed E-state index contributed by atoms with van der Waals surface area (Å²) in [7, 11) is 1.66. The number of H-pyrrole nitrogens is 1. The molecule has 0 spiro atoms. The number of pyridine rings is 1. The monoisotopic (exact) mass is 587 g/mol. The maximum atomic E-state index is 15.2. The minimum absolute atomic E-state index is 0.0901. The molecule has 1 aliphatic rings. The highest BCUT2D eigenvalue weighted by Crippen LogP contribution is 2.38. The van der Waals surface area contributed by atoms with E-state index in [0.717, 1.165) is 36.4 Å². The van der Waals surface area contributed by atoms with Gasteiger partial charge in [0.25, 0.3) is 11.5 Å². The number of ether oxygens (including phenoxy) is 2. The van der Waals surface area contributed by atoms with Gasteiger partial charge in [0.2, 0.25) is 0 Å². The molecule has 0 aliphatic heterocycles. The number of aromatic amines is 1. The predicted octanol–water partition coefficient (Wildman–Crippen LogP) is 5.20. The van der Waals surface area contributed by atoms with Crippen LogP contribution in [-0.4, -0.2) is 50.1 Å². The van der Waals surface area contributed by atoms with Crippen LogP contribution < -0.4 is 20.9 Å². The summed E-state index contributed by atoms with van der Waals surface area (Å²) in [5, 5.41) is 17.9. The van der Waals surface area contributed by atoms with Crippen LogP contribution >= 0.6 is 0 Å². The fourth-order valence-electron chi connectivity index (χ4n) is 5.31. The maximum absolute atomic E-state index is 15.2. The lowest BCUT2D eigenvalue weighted by atomic mass is 9.98. The average molecular weight is 588 g/mol. The third-order valence-electron chi connectivity index (χ3n) is 7.36. The van der Waals surface area contributed by atoms with E-state index in [0.29, 0.717) is 29.2 Å². The highest BCUT2D eigenvalue weighted by Gasteiger charge is 2.35. The molecule has 2 aromatic carbocycles. The Morgan fingerprint density at radius 1 is 1.05 bits per heavy atom. The van der Waals surface area contributed by atoms with Gasteiger partial charge in [-0.05, 0) is 55.3 Å². The van der Waals surface area contributed by atoms with E-state index < -0.39 is 23.1 Å². The zero-order valence-corrected chi connectivity index (χ0v) is 23.1. The summed E-state index contributed by atoms with van der Waals surface area (Å²) in [4.78, 5) is 30.2. The number of carbonyl (C=O) groups is 1. The molecule has 1 aliphatic carbocycles. The van der Waals surface area contributed by atoms with E-state index in [1.165, 1.54) is 54.9 Å². The molecule has 0 atom stereocenters. The van der Waals surface area contributed by atoms with E-state index in [-0.39, 0.29) is 28.2 Å². The van der Waals surface area contributed by atoms with Crippen LogP contribution in [0.4, 0.5) is 20.3 Å². The van der Waals surface area contributed by atoms with Crippen molar-refractivity contribution in [1.82, 2.24) is 25.0 Å². The Balaban J connectivity index is 1.22. The molecule has 220 valence electrons. The van der Waals surface area contributed by atoms with Crippen LogP contribution in [0.3, 0.4) is 0 Å². The fraction of sp³-hybridized carbons (Fsp3) is 0.233. The van der Waals surface area contributed by atoms with E-state index in [1.54, 1.807) is 13.2 Å². The van der Waals surface area contributed by atoms with E-state index >= 15 is 4.39 Å². The highest BCUT2D eigenvalue weighted by atomic mass is 19.1. The Labute approximate surface area is 243 Å². The zero-order valence-electron chi connectivity index (χ0n) is 23.1. The first kappa shape index (κ1) is 28.0. The van der Waals surface area contributed by atoms with Gasteiger partial charge in [-0.15, -0.1) is 0 Å². The molecule has 6 rings (SSSR count). The van der Waals surface area contributed by atoms with E-state index in [1.807, 2.05) is 0 Å². The van der Waals surface area contributed by atoms with Crippen molar-refractivity contribution < 1.29 is 23.0 Å². The molecule has 3 aromatic heterocycles. The van der Waals surface area contributed by atoms with Gasteiger partial charge in [0.1, 0.15) is 22.5 Å². The van der Waals surface area contributed by atoms with Crippen molar-refractivity contribution >= 4 is 28.4 Å². The summed E-state index contributed by atoms with van der Waals surface area (Å²) in [6, 6.07) is 11.9. The molecule has 0 saturated heterocycles. The summed E-state index contributed by atoms with van der Waals surface area (Å²) in [6.45, 7) is 0.513. The first-order valence-electron chi connectivity index (χ1n) is 13.6. The first-order valence-corrected chi connectivity index (χ1v) is 13.6. The standard InChI is InChI=1S/C30H27F2N7O4/c1-42-17-30(12-2-3-13-30)36-27-25-24(11-14-33-26(25)37-38-27)43-23-9-6-19(16-22(23)32)35-28(40)21-10-15-34-39(29(21)41)20-7-4-18(31)5-8-20/h4-11,14-16H,2-3,12-13,17H2,1H3,(H,35,40)(H2,33,36,37,38). The lowest BCUT2D eigenvalue weighted by molar-refractivity contribution is 0.102. The number of halogens is 2. The van der Waals surface area contributed by atoms with E-state index in [2.05, 4.69) is 30.9 Å². The number of benzene rings is 2. The highest BCUT2D eigenvalue weighted by molar-refractivity contribution is 6.04. The number of hydrogen-bond acceptors (Lipinski definition) is 8. The minimum Gasteiger partial charge on any atom is -0.453 e. The summed E-state index contributed by atoms with van der Waals surface area (Å²) in [6.07, 6.45) is 6.79. The average Bonchev–Trinajstić information content (AvgIpc) is 3.63. The SMILES string of the molecule is COCC1(Nc2n[nH]c3nccc(Oc4ccc(NC(=O)c5ccnn(-c6ccc(F)cc6)c5=O)cc4F)c23)CCCC1. The van der Waals surface area contributed by atoms with Crippen LogP contribution in [0.1, 0.15) is 36.0 Å². The molecular formula is C30H27F2N7O4. The van der Waals surface area contributed by atoms with Gasteiger partial charge in [-0.25, -0.2) is 13.8 Å². The van der Waals surface area contributed by atoms with Gasteiger partial charge in [-0.1, -0.05) is 12.8 Å². The van der Waals surface area contributed by atoms with Crippen molar-refractivity contribution in [3.63, 3.8) is 0 Å². The van der Waals surface area contributed by atoms with Crippen molar-refractivity contribution in [1.29, 1.82) is 0 Å². The van der Waals surface area contributed by atoms with E-state index in [9.17, 15) is 14.0 Å².